The summed E-state index contributed by atoms with van der Waals surface area (Å²) in [7, 11) is 3.44. The summed E-state index contributed by atoms with van der Waals surface area (Å²) in [4.78, 5) is 14.3. The molecule has 3 aromatic rings. The van der Waals surface area contributed by atoms with Gasteiger partial charge in [-0.2, -0.15) is 5.10 Å². The summed E-state index contributed by atoms with van der Waals surface area (Å²) in [5.74, 6) is 1.02. The van der Waals surface area contributed by atoms with Crippen molar-refractivity contribution in [2.24, 2.45) is 13.0 Å². The van der Waals surface area contributed by atoms with Crippen molar-refractivity contribution in [2.75, 3.05) is 20.3 Å². The molecule has 1 fully saturated rings. The Kier molecular flexibility index (Phi) is 5.97. The molecule has 1 N–H and O–H groups in total. The van der Waals surface area contributed by atoms with Crippen LogP contribution in [-0.4, -0.2) is 36.0 Å². The molecular formula is C22H25N3O3S. The van der Waals surface area contributed by atoms with Crippen LogP contribution in [0.3, 0.4) is 0 Å². The number of nitrogens with one attached hydrogen (secondary N) is 1. The molecule has 1 unspecified atom stereocenters. The van der Waals surface area contributed by atoms with Gasteiger partial charge in [0.05, 0.1) is 18.8 Å². The highest BCUT2D eigenvalue weighted by Gasteiger charge is 2.29. The Bertz CT molecular complexity index is 962. The first-order valence-electron chi connectivity index (χ1n) is 9.76. The Morgan fingerprint density at radius 2 is 2.10 bits per heavy atom. The number of benzene rings is 1. The molecule has 0 saturated carbocycles. The van der Waals surface area contributed by atoms with Crippen LogP contribution in [0.4, 0.5) is 0 Å². The summed E-state index contributed by atoms with van der Waals surface area (Å²) in [6.45, 7) is 1.49. The van der Waals surface area contributed by atoms with Crippen LogP contribution in [-0.2, 0) is 11.8 Å². The van der Waals surface area contributed by atoms with Crippen molar-refractivity contribution in [2.45, 2.75) is 18.9 Å². The smallest absolute Gasteiger partial charge is 0.270 e. The maximum Gasteiger partial charge on any atom is 0.270 e. The van der Waals surface area contributed by atoms with Gasteiger partial charge in [0.25, 0.3) is 5.91 Å². The highest BCUT2D eigenvalue weighted by atomic mass is 32.1. The van der Waals surface area contributed by atoms with E-state index in [2.05, 4.69) is 21.9 Å². The van der Waals surface area contributed by atoms with E-state index in [-0.39, 0.29) is 11.9 Å². The van der Waals surface area contributed by atoms with Crippen molar-refractivity contribution in [1.82, 2.24) is 15.1 Å². The van der Waals surface area contributed by atoms with Crippen LogP contribution in [0.1, 0.15) is 34.2 Å². The van der Waals surface area contributed by atoms with Gasteiger partial charge in [0.15, 0.2) is 0 Å². The molecule has 152 valence electrons. The van der Waals surface area contributed by atoms with Gasteiger partial charge in [0.1, 0.15) is 11.4 Å². The van der Waals surface area contributed by atoms with E-state index in [4.69, 9.17) is 9.47 Å². The number of carbonyl (C=O) groups excluding carboxylic acids is 1. The molecule has 1 saturated heterocycles. The topological polar surface area (TPSA) is 65.4 Å². The van der Waals surface area contributed by atoms with Crippen molar-refractivity contribution in [3.05, 3.63) is 58.4 Å². The summed E-state index contributed by atoms with van der Waals surface area (Å²) in [6, 6.07) is 13.6. The van der Waals surface area contributed by atoms with Gasteiger partial charge in [-0.15, -0.1) is 11.3 Å². The number of ether oxygens (including phenoxy) is 2. The maximum absolute atomic E-state index is 13.2. The summed E-state index contributed by atoms with van der Waals surface area (Å²) in [5.41, 5.74) is 2.20. The zero-order valence-electron chi connectivity index (χ0n) is 16.6. The molecule has 7 heteroatoms. The molecular weight excluding hydrogens is 386 g/mol. The average molecular weight is 412 g/mol. The minimum Gasteiger partial charge on any atom is -0.497 e. The van der Waals surface area contributed by atoms with Gasteiger partial charge >= 0.3 is 0 Å². The zero-order chi connectivity index (χ0) is 20.2. The van der Waals surface area contributed by atoms with Crippen LogP contribution in [0.25, 0.3) is 11.3 Å². The van der Waals surface area contributed by atoms with Crippen LogP contribution in [0.5, 0.6) is 5.75 Å². The third-order valence-corrected chi connectivity index (χ3v) is 6.31. The first-order chi connectivity index (χ1) is 14.2. The number of nitrogens with zero attached hydrogens (tertiary/aromatic N) is 2. The van der Waals surface area contributed by atoms with Gasteiger partial charge in [-0.3, -0.25) is 9.48 Å². The highest BCUT2D eigenvalue weighted by molar-refractivity contribution is 7.10. The molecule has 6 nitrogen and oxygen atoms in total. The Balaban J connectivity index is 1.57. The Morgan fingerprint density at radius 3 is 2.83 bits per heavy atom. The highest BCUT2D eigenvalue weighted by Crippen LogP contribution is 2.33. The average Bonchev–Trinajstić information content (AvgIpc) is 3.42. The molecule has 0 radical (unpaired) electrons. The molecule has 1 atom stereocenters. The van der Waals surface area contributed by atoms with Crippen LogP contribution in [0.15, 0.2) is 47.8 Å². The molecule has 29 heavy (non-hydrogen) atoms. The predicted molar refractivity (Wildman–Crippen MR) is 113 cm³/mol. The first kappa shape index (κ1) is 19.7. The lowest BCUT2D eigenvalue weighted by atomic mass is 9.90. The van der Waals surface area contributed by atoms with Crippen LogP contribution >= 0.6 is 11.3 Å². The van der Waals surface area contributed by atoms with Gasteiger partial charge in [0, 0.05) is 30.7 Å². The fourth-order valence-electron chi connectivity index (χ4n) is 3.76. The van der Waals surface area contributed by atoms with Crippen molar-refractivity contribution < 1.29 is 14.3 Å². The summed E-state index contributed by atoms with van der Waals surface area (Å²) < 4.78 is 12.5. The zero-order valence-corrected chi connectivity index (χ0v) is 17.4. The standard InChI is InChI=1S/C22H25N3O3S/c1-25-19(14-18(24-25)16-5-3-6-17(13-16)27-2)22(26)23-21(20-7-4-12-29-20)15-8-10-28-11-9-15/h3-7,12-15,21H,8-11H2,1-2H3,(H,23,26). The van der Waals surface area contributed by atoms with E-state index < -0.39 is 0 Å². The van der Waals surface area contributed by atoms with E-state index in [0.29, 0.717) is 11.6 Å². The first-order valence-corrected chi connectivity index (χ1v) is 10.6. The number of carbonyl (C=O) groups is 1. The van der Waals surface area contributed by atoms with Crippen LogP contribution in [0, 0.1) is 5.92 Å². The number of thiophene rings is 1. The predicted octanol–water partition coefficient (Wildman–Crippen LogP) is 4.05. The molecule has 1 amide bonds. The number of methoxy groups -OCH3 is 1. The van der Waals surface area contributed by atoms with E-state index in [1.54, 1.807) is 30.2 Å². The third-order valence-electron chi connectivity index (χ3n) is 5.35. The largest absolute Gasteiger partial charge is 0.497 e. The molecule has 4 rings (SSSR count). The number of aromatic nitrogens is 2. The van der Waals surface area contributed by atoms with E-state index in [9.17, 15) is 4.79 Å². The summed E-state index contributed by atoms with van der Waals surface area (Å²) >= 11 is 1.68. The Morgan fingerprint density at radius 1 is 1.28 bits per heavy atom. The number of amides is 1. The summed E-state index contributed by atoms with van der Waals surface area (Å²) in [5, 5.41) is 9.86. The molecule has 1 aliphatic heterocycles. The fourth-order valence-corrected chi connectivity index (χ4v) is 4.63. The minimum atomic E-state index is -0.112. The second-order valence-electron chi connectivity index (χ2n) is 7.19. The molecule has 0 aliphatic carbocycles. The van der Waals surface area contributed by atoms with Crippen LogP contribution in [0.2, 0.25) is 0 Å². The van der Waals surface area contributed by atoms with E-state index >= 15 is 0 Å². The maximum atomic E-state index is 13.2. The normalized spacial score (nSPS) is 15.8. The van der Waals surface area contributed by atoms with Gasteiger partial charge in [-0.25, -0.2) is 0 Å². The molecule has 3 heterocycles. The lowest BCUT2D eigenvalue weighted by molar-refractivity contribution is 0.0517. The number of aryl methyl sites for hydroxylation is 1. The van der Waals surface area contributed by atoms with Crippen molar-refractivity contribution >= 4 is 17.2 Å². The van der Waals surface area contributed by atoms with Crippen molar-refractivity contribution in [3.8, 4) is 17.0 Å². The van der Waals surface area contributed by atoms with E-state index in [1.807, 2.05) is 36.4 Å². The second kappa shape index (κ2) is 8.80. The molecule has 0 bridgehead atoms. The molecule has 0 spiro atoms. The Labute approximate surface area is 174 Å². The quantitative estimate of drug-likeness (QED) is 0.664. The monoisotopic (exact) mass is 411 g/mol. The minimum absolute atomic E-state index is 0.0124. The number of rotatable bonds is 6. The van der Waals surface area contributed by atoms with Crippen molar-refractivity contribution in [3.63, 3.8) is 0 Å². The molecule has 1 aromatic carbocycles. The third kappa shape index (κ3) is 4.36. The SMILES string of the molecule is COc1cccc(-c2cc(C(=O)NC(c3cccs3)C3CCOCC3)n(C)n2)c1. The second-order valence-corrected chi connectivity index (χ2v) is 8.17. The van der Waals surface area contributed by atoms with Gasteiger partial charge < -0.3 is 14.8 Å². The van der Waals surface area contributed by atoms with Gasteiger partial charge in [-0.05, 0) is 48.4 Å². The fraction of sp³-hybridized carbons (Fsp3) is 0.364. The molecule has 2 aromatic heterocycles. The van der Waals surface area contributed by atoms with E-state index in [0.717, 1.165) is 43.1 Å². The lowest BCUT2D eigenvalue weighted by Crippen LogP contribution is -2.36. The van der Waals surface area contributed by atoms with Gasteiger partial charge in [0.2, 0.25) is 0 Å². The van der Waals surface area contributed by atoms with Crippen LogP contribution < -0.4 is 10.1 Å². The lowest BCUT2D eigenvalue weighted by Gasteiger charge is -2.30. The molecule has 1 aliphatic rings. The van der Waals surface area contributed by atoms with Gasteiger partial charge in [-0.1, -0.05) is 18.2 Å². The Hall–Kier alpha value is -2.64. The number of hydrogen-bond donors (Lipinski definition) is 1. The van der Waals surface area contributed by atoms with E-state index in [1.165, 1.54) is 4.88 Å². The summed E-state index contributed by atoms with van der Waals surface area (Å²) in [6.07, 6.45) is 1.90. The number of hydrogen-bond acceptors (Lipinski definition) is 5. The van der Waals surface area contributed by atoms with Crippen molar-refractivity contribution in [1.29, 1.82) is 0 Å².